The molecule has 0 atom stereocenters. The van der Waals surface area contributed by atoms with Crippen LogP contribution >= 0.6 is 15.9 Å². The topological polar surface area (TPSA) is 41.6 Å². The minimum Gasteiger partial charge on any atom is -0.342 e. The molecule has 0 saturated heterocycles. The van der Waals surface area contributed by atoms with Gasteiger partial charge in [0.25, 0.3) is 0 Å². The molecular weight excluding hydrogens is 278 g/mol. The molecule has 1 aromatic carbocycles. The summed E-state index contributed by atoms with van der Waals surface area (Å²) < 4.78 is 1.06. The standard InChI is InChI=1S/C13H10BrN3/c14-10-3-4-11-12(7-10)17-13(16-11)6-9-2-1-5-15-8-9/h1-5,7-8H,6H2,(H,16,17). The minimum absolute atomic E-state index is 0.778. The van der Waals surface area contributed by atoms with Crippen LogP contribution in [0, 0.1) is 0 Å². The lowest BCUT2D eigenvalue weighted by Crippen LogP contribution is -1.90. The molecule has 0 fully saturated rings. The van der Waals surface area contributed by atoms with Crippen LogP contribution in [0.25, 0.3) is 11.0 Å². The Balaban J connectivity index is 1.96. The predicted molar refractivity (Wildman–Crippen MR) is 70.8 cm³/mol. The summed E-state index contributed by atoms with van der Waals surface area (Å²) in [6, 6.07) is 10.0. The zero-order valence-corrected chi connectivity index (χ0v) is 10.6. The molecule has 0 saturated carbocycles. The highest BCUT2D eigenvalue weighted by molar-refractivity contribution is 9.10. The number of hydrogen-bond acceptors (Lipinski definition) is 2. The van der Waals surface area contributed by atoms with Gasteiger partial charge >= 0.3 is 0 Å². The van der Waals surface area contributed by atoms with Crippen molar-refractivity contribution in [2.24, 2.45) is 0 Å². The van der Waals surface area contributed by atoms with Gasteiger partial charge < -0.3 is 4.98 Å². The van der Waals surface area contributed by atoms with Crippen LogP contribution in [-0.4, -0.2) is 15.0 Å². The molecule has 0 radical (unpaired) electrons. The Hall–Kier alpha value is -1.68. The molecule has 2 aromatic heterocycles. The number of nitrogens with one attached hydrogen (secondary N) is 1. The fourth-order valence-electron chi connectivity index (χ4n) is 1.81. The number of pyridine rings is 1. The molecule has 0 amide bonds. The first-order valence-corrected chi connectivity index (χ1v) is 6.13. The molecular formula is C13H10BrN3. The zero-order chi connectivity index (χ0) is 11.7. The van der Waals surface area contributed by atoms with E-state index in [9.17, 15) is 0 Å². The summed E-state index contributed by atoms with van der Waals surface area (Å²) >= 11 is 3.45. The summed E-state index contributed by atoms with van der Waals surface area (Å²) in [6.07, 6.45) is 4.42. The van der Waals surface area contributed by atoms with Crippen molar-refractivity contribution in [1.29, 1.82) is 0 Å². The highest BCUT2D eigenvalue weighted by Crippen LogP contribution is 2.18. The molecule has 4 heteroatoms. The van der Waals surface area contributed by atoms with Crippen LogP contribution in [0.3, 0.4) is 0 Å². The number of halogens is 1. The van der Waals surface area contributed by atoms with E-state index in [-0.39, 0.29) is 0 Å². The zero-order valence-electron chi connectivity index (χ0n) is 9.02. The normalized spacial score (nSPS) is 10.9. The third-order valence-corrected chi connectivity index (χ3v) is 3.08. The van der Waals surface area contributed by atoms with Gasteiger partial charge in [-0.15, -0.1) is 0 Å². The third kappa shape index (κ3) is 2.22. The average Bonchev–Trinajstić information content (AvgIpc) is 2.71. The maximum atomic E-state index is 4.54. The van der Waals surface area contributed by atoms with Crippen molar-refractivity contribution < 1.29 is 0 Å². The number of aromatic nitrogens is 3. The van der Waals surface area contributed by atoms with Crippen molar-refractivity contribution in [2.45, 2.75) is 6.42 Å². The fourth-order valence-corrected chi connectivity index (χ4v) is 2.18. The summed E-state index contributed by atoms with van der Waals surface area (Å²) in [5.41, 5.74) is 3.20. The summed E-state index contributed by atoms with van der Waals surface area (Å²) in [4.78, 5) is 12.0. The molecule has 3 nitrogen and oxygen atoms in total. The largest absolute Gasteiger partial charge is 0.342 e. The van der Waals surface area contributed by atoms with Crippen molar-refractivity contribution in [3.8, 4) is 0 Å². The Morgan fingerprint density at radius 3 is 3.00 bits per heavy atom. The summed E-state index contributed by atoms with van der Waals surface area (Å²) in [7, 11) is 0. The van der Waals surface area contributed by atoms with Crippen molar-refractivity contribution >= 4 is 27.0 Å². The minimum atomic E-state index is 0.778. The third-order valence-electron chi connectivity index (χ3n) is 2.59. The lowest BCUT2D eigenvalue weighted by Gasteiger charge is -1.95. The van der Waals surface area contributed by atoms with Crippen LogP contribution in [0.15, 0.2) is 47.2 Å². The van der Waals surface area contributed by atoms with E-state index in [1.165, 1.54) is 0 Å². The summed E-state index contributed by atoms with van der Waals surface area (Å²) in [6.45, 7) is 0. The number of benzene rings is 1. The van der Waals surface area contributed by atoms with Crippen molar-refractivity contribution in [2.75, 3.05) is 0 Å². The second-order valence-corrected chi connectivity index (χ2v) is 4.80. The van der Waals surface area contributed by atoms with Gasteiger partial charge in [0.15, 0.2) is 0 Å². The number of hydrogen-bond donors (Lipinski definition) is 1. The summed E-state index contributed by atoms with van der Waals surface area (Å²) in [5, 5.41) is 0. The van der Waals surface area contributed by atoms with Crippen LogP contribution in [-0.2, 0) is 6.42 Å². The van der Waals surface area contributed by atoms with Crippen molar-refractivity contribution in [3.05, 3.63) is 58.6 Å². The first-order valence-electron chi connectivity index (χ1n) is 5.34. The molecule has 0 aliphatic rings. The smallest absolute Gasteiger partial charge is 0.111 e. The number of rotatable bonds is 2. The van der Waals surface area contributed by atoms with Crippen molar-refractivity contribution in [1.82, 2.24) is 15.0 Å². The second-order valence-electron chi connectivity index (χ2n) is 3.88. The highest BCUT2D eigenvalue weighted by Gasteiger charge is 2.04. The van der Waals surface area contributed by atoms with E-state index in [0.29, 0.717) is 0 Å². The lowest BCUT2D eigenvalue weighted by atomic mass is 10.2. The van der Waals surface area contributed by atoms with Gasteiger partial charge in [0.1, 0.15) is 5.82 Å². The average molecular weight is 288 g/mol. The quantitative estimate of drug-likeness (QED) is 0.786. The molecule has 0 aliphatic heterocycles. The Morgan fingerprint density at radius 2 is 2.18 bits per heavy atom. The van der Waals surface area contributed by atoms with E-state index in [0.717, 1.165) is 33.3 Å². The molecule has 1 N–H and O–H groups in total. The fraction of sp³-hybridized carbons (Fsp3) is 0.0769. The molecule has 3 aromatic rings. The van der Waals surface area contributed by atoms with Gasteiger partial charge in [-0.05, 0) is 29.8 Å². The van der Waals surface area contributed by atoms with Gasteiger partial charge in [0.05, 0.1) is 11.0 Å². The number of fused-ring (bicyclic) bond motifs is 1. The van der Waals surface area contributed by atoms with E-state index in [2.05, 4.69) is 36.9 Å². The van der Waals surface area contributed by atoms with Crippen LogP contribution in [0.5, 0.6) is 0 Å². The van der Waals surface area contributed by atoms with Gasteiger partial charge in [-0.25, -0.2) is 4.98 Å². The van der Waals surface area contributed by atoms with E-state index in [1.807, 2.05) is 30.5 Å². The lowest BCUT2D eigenvalue weighted by molar-refractivity contribution is 1.02. The van der Waals surface area contributed by atoms with E-state index in [1.54, 1.807) is 6.20 Å². The van der Waals surface area contributed by atoms with Gasteiger partial charge in [0, 0.05) is 23.3 Å². The van der Waals surface area contributed by atoms with Gasteiger partial charge in [-0.1, -0.05) is 22.0 Å². The monoisotopic (exact) mass is 287 g/mol. The molecule has 0 aliphatic carbocycles. The van der Waals surface area contributed by atoms with Gasteiger partial charge in [-0.3, -0.25) is 4.98 Å². The Bertz CT molecular complexity index is 646. The van der Waals surface area contributed by atoms with E-state index < -0.39 is 0 Å². The number of H-pyrrole nitrogens is 1. The molecule has 17 heavy (non-hydrogen) atoms. The van der Waals surface area contributed by atoms with Crippen LogP contribution < -0.4 is 0 Å². The van der Waals surface area contributed by atoms with E-state index >= 15 is 0 Å². The maximum absolute atomic E-state index is 4.54. The van der Waals surface area contributed by atoms with Gasteiger partial charge in [-0.2, -0.15) is 0 Å². The Labute approximate surface area is 107 Å². The molecule has 84 valence electrons. The number of aromatic amines is 1. The number of nitrogens with zero attached hydrogens (tertiary/aromatic N) is 2. The Kier molecular flexibility index (Phi) is 2.65. The van der Waals surface area contributed by atoms with Gasteiger partial charge in [0.2, 0.25) is 0 Å². The van der Waals surface area contributed by atoms with Crippen LogP contribution in [0.2, 0.25) is 0 Å². The second kappa shape index (κ2) is 4.30. The Morgan fingerprint density at radius 1 is 1.24 bits per heavy atom. The first kappa shape index (κ1) is 10.5. The maximum Gasteiger partial charge on any atom is 0.111 e. The van der Waals surface area contributed by atoms with Crippen molar-refractivity contribution in [3.63, 3.8) is 0 Å². The van der Waals surface area contributed by atoms with Crippen LogP contribution in [0.1, 0.15) is 11.4 Å². The summed E-state index contributed by atoms with van der Waals surface area (Å²) in [5.74, 6) is 0.964. The molecule has 2 heterocycles. The first-order chi connectivity index (χ1) is 8.31. The molecule has 3 rings (SSSR count). The van der Waals surface area contributed by atoms with Crippen LogP contribution in [0.4, 0.5) is 0 Å². The molecule has 0 bridgehead atoms. The highest BCUT2D eigenvalue weighted by atomic mass is 79.9. The van der Waals surface area contributed by atoms with E-state index in [4.69, 9.17) is 0 Å². The predicted octanol–water partition coefficient (Wildman–Crippen LogP) is 3.31. The molecule has 0 unspecified atom stereocenters. The SMILES string of the molecule is Brc1ccc2nc(Cc3cccnc3)[nH]c2c1. The molecule has 0 spiro atoms. The number of imidazole rings is 1.